The first kappa shape index (κ1) is 22.7. The van der Waals surface area contributed by atoms with Gasteiger partial charge in [-0.1, -0.05) is 48.5 Å². The normalized spacial score (nSPS) is 18.0. The number of rotatable bonds is 7. The number of carboxylic acid groups (broad SMARTS) is 1. The Morgan fingerprint density at radius 3 is 2.21 bits per heavy atom. The van der Waals surface area contributed by atoms with Crippen LogP contribution in [0.1, 0.15) is 29.9 Å². The molecule has 1 aliphatic carbocycles. The minimum absolute atomic E-state index is 0.0188. The molecule has 4 rings (SSSR count). The molecule has 7 nitrogen and oxygen atoms in total. The summed E-state index contributed by atoms with van der Waals surface area (Å²) >= 11 is 0. The minimum Gasteiger partial charge on any atom is -0.481 e. The van der Waals surface area contributed by atoms with Crippen LogP contribution in [0.4, 0.5) is 13.6 Å². The zero-order chi connectivity index (χ0) is 23.5. The first-order valence-electron chi connectivity index (χ1n) is 10.8. The van der Waals surface area contributed by atoms with Crippen LogP contribution < -0.4 is 5.32 Å². The van der Waals surface area contributed by atoms with Gasteiger partial charge in [-0.3, -0.25) is 9.59 Å². The molecule has 1 heterocycles. The summed E-state index contributed by atoms with van der Waals surface area (Å²) in [7, 11) is 0. The highest BCUT2D eigenvalue weighted by Crippen LogP contribution is 2.44. The average Bonchev–Trinajstić information content (AvgIpc) is 3.41. The maximum absolute atomic E-state index is 13.5. The monoisotopic (exact) mass is 458 g/mol. The molecule has 0 radical (unpaired) electrons. The van der Waals surface area contributed by atoms with Crippen LogP contribution in [0, 0.1) is 5.92 Å². The number of amides is 2. The molecule has 2 atom stereocenters. The second kappa shape index (κ2) is 9.56. The van der Waals surface area contributed by atoms with E-state index >= 15 is 0 Å². The van der Waals surface area contributed by atoms with Gasteiger partial charge in [-0.25, -0.2) is 13.6 Å². The number of carbonyl (C=O) groups excluding carboxylic acids is 2. The van der Waals surface area contributed by atoms with Gasteiger partial charge in [0.2, 0.25) is 5.91 Å². The van der Waals surface area contributed by atoms with Crippen LogP contribution >= 0.6 is 0 Å². The summed E-state index contributed by atoms with van der Waals surface area (Å²) in [4.78, 5) is 37.0. The smallest absolute Gasteiger partial charge is 0.407 e. The number of ether oxygens (including phenoxy) is 1. The van der Waals surface area contributed by atoms with Crippen LogP contribution in [0.2, 0.25) is 0 Å². The van der Waals surface area contributed by atoms with E-state index in [0.717, 1.165) is 22.3 Å². The molecule has 2 amide bonds. The highest BCUT2D eigenvalue weighted by atomic mass is 19.3. The number of nitrogens with zero attached hydrogens (tertiary/aromatic N) is 1. The summed E-state index contributed by atoms with van der Waals surface area (Å²) in [6, 6.07) is 13.8. The Bertz CT molecular complexity index is 1020. The maximum atomic E-state index is 13.5. The van der Waals surface area contributed by atoms with Crippen LogP contribution in [0.15, 0.2) is 48.5 Å². The number of halogens is 2. The lowest BCUT2D eigenvalue weighted by Crippen LogP contribution is -2.44. The zero-order valence-electron chi connectivity index (χ0n) is 17.7. The van der Waals surface area contributed by atoms with E-state index in [9.17, 15) is 23.2 Å². The van der Waals surface area contributed by atoms with Gasteiger partial charge in [0.25, 0.3) is 6.43 Å². The molecule has 0 aromatic heterocycles. The van der Waals surface area contributed by atoms with Gasteiger partial charge >= 0.3 is 12.1 Å². The molecule has 2 aromatic rings. The number of hydrogen-bond donors (Lipinski definition) is 2. The molecule has 0 saturated carbocycles. The predicted octanol–water partition coefficient (Wildman–Crippen LogP) is 3.48. The largest absolute Gasteiger partial charge is 0.481 e. The van der Waals surface area contributed by atoms with Gasteiger partial charge in [0.05, 0.1) is 12.3 Å². The van der Waals surface area contributed by atoms with Crippen LogP contribution in [0.25, 0.3) is 11.1 Å². The molecular weight excluding hydrogens is 434 g/mol. The van der Waals surface area contributed by atoms with Gasteiger partial charge in [-0.05, 0) is 28.7 Å². The molecule has 33 heavy (non-hydrogen) atoms. The van der Waals surface area contributed by atoms with E-state index in [1.807, 2.05) is 48.5 Å². The minimum atomic E-state index is -2.98. The number of alkyl carbamates (subject to hydrolysis) is 1. The van der Waals surface area contributed by atoms with Crippen molar-refractivity contribution in [3.05, 3.63) is 59.7 Å². The van der Waals surface area contributed by atoms with Crippen molar-refractivity contribution in [2.75, 3.05) is 19.7 Å². The first-order valence-corrected chi connectivity index (χ1v) is 10.8. The van der Waals surface area contributed by atoms with E-state index in [1.165, 1.54) is 4.90 Å². The van der Waals surface area contributed by atoms with Crippen molar-refractivity contribution < 1.29 is 33.0 Å². The van der Waals surface area contributed by atoms with Crippen LogP contribution in [0.5, 0.6) is 0 Å². The molecule has 9 heteroatoms. The van der Waals surface area contributed by atoms with Crippen molar-refractivity contribution >= 4 is 18.0 Å². The van der Waals surface area contributed by atoms with E-state index in [-0.39, 0.29) is 32.0 Å². The fourth-order valence-corrected chi connectivity index (χ4v) is 4.50. The number of fused-ring (bicyclic) bond motifs is 3. The van der Waals surface area contributed by atoms with Gasteiger partial charge in [0.15, 0.2) is 0 Å². The third kappa shape index (κ3) is 4.81. The predicted molar refractivity (Wildman–Crippen MR) is 115 cm³/mol. The number of likely N-dealkylation sites (tertiary alicyclic amines) is 1. The summed E-state index contributed by atoms with van der Waals surface area (Å²) < 4.78 is 32.3. The zero-order valence-corrected chi connectivity index (χ0v) is 17.7. The van der Waals surface area contributed by atoms with Crippen molar-refractivity contribution in [2.24, 2.45) is 5.92 Å². The van der Waals surface area contributed by atoms with Crippen LogP contribution in [-0.4, -0.2) is 60.1 Å². The second-order valence-electron chi connectivity index (χ2n) is 8.28. The van der Waals surface area contributed by atoms with Crippen molar-refractivity contribution in [3.8, 4) is 11.1 Å². The number of benzene rings is 2. The standard InChI is InChI=1S/C24H24F2N2O5/c25-22(26)20(11-21(29)28-10-9-14(12-28)23(30)31)27-24(32)33-13-19-17-7-3-1-5-15(17)16-6-2-4-8-18(16)19/h1-8,14,19-20,22H,9-13H2,(H,27,32)(H,30,31). The molecule has 2 unspecified atom stereocenters. The molecule has 1 saturated heterocycles. The van der Waals surface area contributed by atoms with E-state index in [1.54, 1.807) is 0 Å². The van der Waals surface area contributed by atoms with Crippen LogP contribution in [-0.2, 0) is 14.3 Å². The number of alkyl halides is 2. The lowest BCUT2D eigenvalue weighted by molar-refractivity contribution is -0.141. The molecule has 2 aromatic carbocycles. The third-order valence-electron chi connectivity index (χ3n) is 6.24. The fourth-order valence-electron chi connectivity index (χ4n) is 4.50. The van der Waals surface area contributed by atoms with E-state index in [2.05, 4.69) is 5.32 Å². The Morgan fingerprint density at radius 1 is 1.06 bits per heavy atom. The quantitative estimate of drug-likeness (QED) is 0.662. The lowest BCUT2D eigenvalue weighted by Gasteiger charge is -2.22. The Kier molecular flexibility index (Phi) is 6.57. The summed E-state index contributed by atoms with van der Waals surface area (Å²) in [5.41, 5.74) is 4.08. The second-order valence-corrected chi connectivity index (χ2v) is 8.28. The molecular formula is C24H24F2N2O5. The Morgan fingerprint density at radius 2 is 1.67 bits per heavy atom. The van der Waals surface area contributed by atoms with Gasteiger partial charge in [-0.15, -0.1) is 0 Å². The Balaban J connectivity index is 1.35. The fraction of sp³-hybridized carbons (Fsp3) is 0.375. The topological polar surface area (TPSA) is 95.9 Å². The average molecular weight is 458 g/mol. The number of aliphatic carboxylic acids is 1. The summed E-state index contributed by atoms with van der Waals surface area (Å²) in [5, 5.41) is 11.1. The molecule has 1 fully saturated rings. The molecule has 0 bridgehead atoms. The lowest BCUT2D eigenvalue weighted by atomic mass is 9.98. The van der Waals surface area contributed by atoms with Gasteiger partial charge in [0, 0.05) is 19.0 Å². The summed E-state index contributed by atoms with van der Waals surface area (Å²) in [6.07, 6.45) is -4.36. The van der Waals surface area contributed by atoms with E-state index in [0.29, 0.717) is 0 Å². The van der Waals surface area contributed by atoms with Gasteiger partial charge < -0.3 is 20.1 Å². The van der Waals surface area contributed by atoms with E-state index in [4.69, 9.17) is 9.84 Å². The number of nitrogens with one attached hydrogen (secondary N) is 1. The summed E-state index contributed by atoms with van der Waals surface area (Å²) in [6.45, 7) is 0.141. The highest BCUT2D eigenvalue weighted by Gasteiger charge is 2.34. The molecule has 174 valence electrons. The number of carbonyl (C=O) groups is 3. The van der Waals surface area contributed by atoms with Gasteiger partial charge in [-0.2, -0.15) is 0 Å². The highest BCUT2D eigenvalue weighted by molar-refractivity contribution is 5.81. The SMILES string of the molecule is O=C(NC(CC(=O)N1CCC(C(=O)O)C1)C(F)F)OCC1c2ccccc2-c2ccccc21. The van der Waals surface area contributed by atoms with Gasteiger partial charge in [0.1, 0.15) is 12.6 Å². The van der Waals surface area contributed by atoms with Crippen molar-refractivity contribution in [3.63, 3.8) is 0 Å². The Hall–Kier alpha value is -3.49. The van der Waals surface area contributed by atoms with Crippen molar-refractivity contribution in [2.45, 2.75) is 31.2 Å². The Labute approximate surface area is 189 Å². The number of carboxylic acids is 1. The molecule has 2 N–H and O–H groups in total. The van der Waals surface area contributed by atoms with E-state index < -0.39 is 42.8 Å². The molecule has 1 aliphatic heterocycles. The number of hydrogen-bond acceptors (Lipinski definition) is 4. The molecule has 0 spiro atoms. The van der Waals surface area contributed by atoms with Crippen molar-refractivity contribution in [1.29, 1.82) is 0 Å². The van der Waals surface area contributed by atoms with Crippen LogP contribution in [0.3, 0.4) is 0 Å². The van der Waals surface area contributed by atoms with Crippen molar-refractivity contribution in [1.82, 2.24) is 10.2 Å². The summed E-state index contributed by atoms with van der Waals surface area (Å²) in [5.74, 6) is -2.56. The first-order chi connectivity index (χ1) is 15.8. The maximum Gasteiger partial charge on any atom is 0.407 e. The third-order valence-corrected chi connectivity index (χ3v) is 6.24. The molecule has 2 aliphatic rings.